The molecule has 136 valence electrons. The van der Waals surface area contributed by atoms with Crippen LogP contribution >= 0.6 is 11.6 Å². The summed E-state index contributed by atoms with van der Waals surface area (Å²) in [5, 5.41) is 0.591. The summed E-state index contributed by atoms with van der Waals surface area (Å²) in [6, 6.07) is 6.62. The summed E-state index contributed by atoms with van der Waals surface area (Å²) in [6.07, 6.45) is 3.48. The fraction of sp³-hybridized carbons (Fsp3) is 0.222. The number of benzene rings is 1. The van der Waals surface area contributed by atoms with Crippen LogP contribution < -0.4 is 14.2 Å². The Labute approximate surface area is 155 Å². The quantitative estimate of drug-likeness (QED) is 0.614. The molecule has 3 aromatic rings. The van der Waals surface area contributed by atoms with Gasteiger partial charge in [0.25, 0.3) is 0 Å². The maximum Gasteiger partial charge on any atom is 0.342 e. The fourth-order valence-electron chi connectivity index (χ4n) is 2.49. The molecular weight excluding hydrogens is 360 g/mol. The van der Waals surface area contributed by atoms with E-state index in [1.54, 1.807) is 35.0 Å². The molecule has 0 unspecified atom stereocenters. The van der Waals surface area contributed by atoms with Crippen molar-refractivity contribution in [2.45, 2.75) is 6.61 Å². The molecule has 0 saturated heterocycles. The second kappa shape index (κ2) is 7.53. The summed E-state index contributed by atoms with van der Waals surface area (Å²) in [7, 11) is 4.45. The molecule has 0 aliphatic heterocycles. The molecule has 0 radical (unpaired) electrons. The summed E-state index contributed by atoms with van der Waals surface area (Å²) in [6.45, 7) is 0.00955. The van der Waals surface area contributed by atoms with Crippen molar-refractivity contribution in [1.29, 1.82) is 0 Å². The van der Waals surface area contributed by atoms with Crippen LogP contribution in [0, 0.1) is 0 Å². The molecule has 8 heteroatoms. The van der Waals surface area contributed by atoms with Crippen molar-refractivity contribution in [1.82, 2.24) is 9.38 Å². The lowest BCUT2D eigenvalue weighted by Crippen LogP contribution is -2.08. The lowest BCUT2D eigenvalue weighted by Gasteiger charge is -2.13. The van der Waals surface area contributed by atoms with Crippen molar-refractivity contribution >= 4 is 23.2 Å². The number of pyridine rings is 1. The summed E-state index contributed by atoms with van der Waals surface area (Å²) < 4.78 is 22.8. The van der Waals surface area contributed by atoms with Crippen LogP contribution in [0.1, 0.15) is 16.1 Å². The molecule has 2 heterocycles. The van der Waals surface area contributed by atoms with E-state index >= 15 is 0 Å². The van der Waals surface area contributed by atoms with Crippen LogP contribution in [-0.4, -0.2) is 36.7 Å². The van der Waals surface area contributed by atoms with Crippen molar-refractivity contribution in [2.75, 3.05) is 21.3 Å². The number of fused-ring (bicyclic) bond motifs is 1. The number of hydrogen-bond donors (Lipinski definition) is 0. The molecular formula is C18H17ClN2O5. The third-order valence-corrected chi connectivity index (χ3v) is 3.97. The van der Waals surface area contributed by atoms with Crippen molar-refractivity contribution < 1.29 is 23.7 Å². The van der Waals surface area contributed by atoms with Gasteiger partial charge in [0.05, 0.1) is 32.0 Å². The van der Waals surface area contributed by atoms with Crippen molar-refractivity contribution in [3.8, 4) is 17.2 Å². The number of carbonyl (C=O) groups excluding carboxylic acids is 1. The lowest BCUT2D eigenvalue weighted by molar-refractivity contribution is 0.0464. The predicted octanol–water partition coefficient (Wildman–Crippen LogP) is 3.37. The zero-order valence-electron chi connectivity index (χ0n) is 14.5. The number of hydrogen-bond acceptors (Lipinski definition) is 6. The maximum atomic E-state index is 12.5. The Bertz CT molecular complexity index is 954. The molecule has 0 N–H and O–H groups in total. The lowest BCUT2D eigenvalue weighted by atomic mass is 10.1. The molecule has 0 bridgehead atoms. The van der Waals surface area contributed by atoms with E-state index < -0.39 is 5.97 Å². The molecule has 0 fully saturated rings. The number of aromatic nitrogens is 2. The van der Waals surface area contributed by atoms with E-state index in [-0.39, 0.29) is 12.2 Å². The molecule has 0 atom stereocenters. The minimum atomic E-state index is -0.558. The Morgan fingerprint density at radius 1 is 1.04 bits per heavy atom. The molecule has 0 saturated carbocycles. The first-order valence-electron chi connectivity index (χ1n) is 7.66. The normalized spacial score (nSPS) is 10.6. The Balaban J connectivity index is 1.80. The highest BCUT2D eigenvalue weighted by Crippen LogP contribution is 2.35. The smallest absolute Gasteiger partial charge is 0.342 e. The van der Waals surface area contributed by atoms with Gasteiger partial charge in [0.15, 0.2) is 11.5 Å². The van der Waals surface area contributed by atoms with Gasteiger partial charge in [0, 0.05) is 24.5 Å². The van der Waals surface area contributed by atoms with Crippen LogP contribution in [0.25, 0.3) is 5.65 Å². The zero-order chi connectivity index (χ0) is 18.7. The monoisotopic (exact) mass is 376 g/mol. The van der Waals surface area contributed by atoms with E-state index in [1.165, 1.54) is 27.4 Å². The van der Waals surface area contributed by atoms with Crippen molar-refractivity contribution in [2.24, 2.45) is 0 Å². The number of ether oxygens (including phenoxy) is 4. The molecule has 1 aromatic carbocycles. The van der Waals surface area contributed by atoms with Gasteiger partial charge in [-0.15, -0.1) is 0 Å². The summed E-state index contributed by atoms with van der Waals surface area (Å²) in [4.78, 5) is 16.9. The van der Waals surface area contributed by atoms with Gasteiger partial charge in [-0.05, 0) is 12.1 Å². The van der Waals surface area contributed by atoms with E-state index in [0.29, 0.717) is 33.6 Å². The van der Waals surface area contributed by atoms with Crippen LogP contribution in [0.3, 0.4) is 0 Å². The van der Waals surface area contributed by atoms with Gasteiger partial charge in [-0.1, -0.05) is 11.6 Å². The highest BCUT2D eigenvalue weighted by atomic mass is 35.5. The second-order valence-corrected chi connectivity index (χ2v) is 5.77. The number of nitrogens with zero attached hydrogens (tertiary/aromatic N) is 2. The third-order valence-electron chi connectivity index (χ3n) is 3.74. The Morgan fingerprint density at radius 3 is 2.42 bits per heavy atom. The number of imidazole rings is 1. The molecule has 0 amide bonds. The number of carbonyl (C=O) groups is 1. The van der Waals surface area contributed by atoms with Crippen molar-refractivity contribution in [3.63, 3.8) is 0 Å². The van der Waals surface area contributed by atoms with Crippen LogP contribution in [-0.2, 0) is 11.3 Å². The molecule has 3 rings (SSSR count). The van der Waals surface area contributed by atoms with E-state index in [2.05, 4.69) is 4.98 Å². The molecule has 0 aliphatic carbocycles. The Kier molecular flexibility index (Phi) is 5.18. The van der Waals surface area contributed by atoms with Gasteiger partial charge >= 0.3 is 5.97 Å². The first kappa shape index (κ1) is 17.9. The van der Waals surface area contributed by atoms with Crippen LogP contribution in [0.2, 0.25) is 5.02 Å². The number of halogens is 1. The highest BCUT2D eigenvalue weighted by molar-refractivity contribution is 6.30. The average molecular weight is 377 g/mol. The fourth-order valence-corrected chi connectivity index (χ4v) is 2.66. The van der Waals surface area contributed by atoms with Gasteiger partial charge in [-0.25, -0.2) is 9.78 Å². The summed E-state index contributed by atoms with van der Waals surface area (Å²) >= 11 is 5.95. The number of methoxy groups -OCH3 is 3. The van der Waals surface area contributed by atoms with Crippen molar-refractivity contribution in [3.05, 3.63) is 52.9 Å². The Morgan fingerprint density at radius 2 is 1.73 bits per heavy atom. The highest BCUT2D eigenvalue weighted by Gasteiger charge is 2.19. The Hall–Kier alpha value is -2.93. The van der Waals surface area contributed by atoms with E-state index in [0.717, 1.165) is 0 Å². The molecule has 0 spiro atoms. The topological polar surface area (TPSA) is 71.3 Å². The van der Waals surface area contributed by atoms with Crippen LogP contribution in [0.5, 0.6) is 17.2 Å². The van der Waals surface area contributed by atoms with E-state index in [1.807, 2.05) is 0 Å². The molecule has 0 aliphatic rings. The minimum Gasteiger partial charge on any atom is -0.496 e. The number of esters is 1. The van der Waals surface area contributed by atoms with Gasteiger partial charge in [-0.2, -0.15) is 0 Å². The third kappa shape index (κ3) is 3.52. The second-order valence-electron chi connectivity index (χ2n) is 5.33. The standard InChI is InChI=1S/C18H17ClN2O5/c1-23-14-7-16(25-3)15(24-2)6-13(14)18(22)26-10-12-9-21-8-11(19)4-5-17(21)20-12/h4-9H,10H2,1-3H3. The maximum absolute atomic E-state index is 12.5. The van der Waals surface area contributed by atoms with E-state index in [9.17, 15) is 4.79 Å². The first-order valence-corrected chi connectivity index (χ1v) is 8.03. The zero-order valence-corrected chi connectivity index (χ0v) is 15.2. The van der Waals surface area contributed by atoms with Crippen LogP contribution in [0.15, 0.2) is 36.7 Å². The first-order chi connectivity index (χ1) is 12.5. The summed E-state index contributed by atoms with van der Waals surface area (Å²) in [5.41, 5.74) is 1.54. The predicted molar refractivity (Wildman–Crippen MR) is 95.4 cm³/mol. The van der Waals surface area contributed by atoms with Gasteiger partial charge in [0.1, 0.15) is 23.6 Å². The van der Waals surface area contributed by atoms with E-state index in [4.69, 9.17) is 30.5 Å². The van der Waals surface area contributed by atoms with Gasteiger partial charge in [0.2, 0.25) is 0 Å². The van der Waals surface area contributed by atoms with Gasteiger partial charge in [-0.3, -0.25) is 0 Å². The molecule has 26 heavy (non-hydrogen) atoms. The number of rotatable bonds is 6. The van der Waals surface area contributed by atoms with Crippen LogP contribution in [0.4, 0.5) is 0 Å². The molecule has 2 aromatic heterocycles. The summed E-state index contributed by atoms with van der Waals surface area (Å²) in [5.74, 6) is 0.632. The SMILES string of the molecule is COc1cc(OC)c(C(=O)OCc2cn3cc(Cl)ccc3n2)cc1OC. The molecule has 7 nitrogen and oxygen atoms in total. The largest absolute Gasteiger partial charge is 0.496 e. The minimum absolute atomic E-state index is 0.00955. The average Bonchev–Trinajstić information content (AvgIpc) is 3.06. The van der Waals surface area contributed by atoms with Gasteiger partial charge < -0.3 is 23.3 Å².